The first-order valence-electron chi connectivity index (χ1n) is 5.85. The Labute approximate surface area is 125 Å². The van der Waals surface area contributed by atoms with Gasteiger partial charge in [0, 0.05) is 10.7 Å². The van der Waals surface area contributed by atoms with Crippen LogP contribution in [0.3, 0.4) is 0 Å². The van der Waals surface area contributed by atoms with Gasteiger partial charge in [-0.05, 0) is 34.5 Å². The van der Waals surface area contributed by atoms with Crippen LogP contribution in [-0.2, 0) is 16.6 Å². The Morgan fingerprint density at radius 1 is 1.45 bits per heavy atom. The maximum Gasteiger partial charge on any atom is 0.265 e. The maximum atomic E-state index is 12.2. The highest BCUT2D eigenvalue weighted by atomic mass is 79.9. The fraction of sp³-hybridized carbons (Fsp3) is 0.250. The first-order valence-corrected chi connectivity index (χ1v) is 8.13. The highest BCUT2D eigenvalue weighted by Crippen LogP contribution is 2.27. The van der Waals surface area contributed by atoms with Crippen molar-refractivity contribution in [2.24, 2.45) is 0 Å². The molecule has 2 N–H and O–H groups in total. The number of hydrogen-bond acceptors (Lipinski definition) is 4. The van der Waals surface area contributed by atoms with Gasteiger partial charge in [-0.2, -0.15) is 5.10 Å². The number of benzene rings is 1. The summed E-state index contributed by atoms with van der Waals surface area (Å²) in [6, 6.07) is 5.32. The Balaban J connectivity index is 2.28. The fourth-order valence-electron chi connectivity index (χ4n) is 1.64. The van der Waals surface area contributed by atoms with E-state index in [-0.39, 0.29) is 18.0 Å². The van der Waals surface area contributed by atoms with Crippen molar-refractivity contribution in [2.45, 2.75) is 18.4 Å². The standard InChI is InChI=1S/C12H14BrN3O3S/c1-9-3-2-4-11(12(9)13)15-20(18,19)10-7-14-16(8-10)5-6-17/h2-4,7-8,15,17H,5-6H2,1H3. The second kappa shape index (κ2) is 5.94. The van der Waals surface area contributed by atoms with Gasteiger partial charge in [-0.15, -0.1) is 0 Å². The molecule has 1 aromatic heterocycles. The molecular weight excluding hydrogens is 346 g/mol. The third-order valence-corrected chi connectivity index (χ3v) is 5.06. The predicted octanol–water partition coefficient (Wildman–Crippen LogP) is 1.75. The minimum atomic E-state index is -3.70. The van der Waals surface area contributed by atoms with Crippen LogP contribution < -0.4 is 4.72 Å². The molecule has 0 bridgehead atoms. The largest absolute Gasteiger partial charge is 0.394 e. The summed E-state index contributed by atoms with van der Waals surface area (Å²) in [7, 11) is -3.70. The summed E-state index contributed by atoms with van der Waals surface area (Å²) in [6.45, 7) is 2.03. The van der Waals surface area contributed by atoms with E-state index in [0.29, 0.717) is 10.2 Å². The summed E-state index contributed by atoms with van der Waals surface area (Å²) < 4.78 is 29.1. The van der Waals surface area contributed by atoms with Gasteiger partial charge in [-0.25, -0.2) is 8.42 Å². The molecule has 0 atom stereocenters. The van der Waals surface area contributed by atoms with Crippen LogP contribution in [0.25, 0.3) is 0 Å². The highest BCUT2D eigenvalue weighted by Gasteiger charge is 2.18. The molecule has 1 aromatic carbocycles. The van der Waals surface area contributed by atoms with Crippen molar-refractivity contribution >= 4 is 31.6 Å². The van der Waals surface area contributed by atoms with Gasteiger partial charge in [-0.3, -0.25) is 9.40 Å². The predicted molar refractivity (Wildman–Crippen MR) is 79.0 cm³/mol. The molecule has 0 radical (unpaired) electrons. The zero-order valence-electron chi connectivity index (χ0n) is 10.7. The molecule has 0 saturated carbocycles. The van der Waals surface area contributed by atoms with Crippen LogP contribution in [-0.4, -0.2) is 29.9 Å². The number of nitrogens with one attached hydrogen (secondary N) is 1. The number of nitrogens with zero attached hydrogens (tertiary/aromatic N) is 2. The Morgan fingerprint density at radius 2 is 2.20 bits per heavy atom. The summed E-state index contributed by atoms with van der Waals surface area (Å²) >= 11 is 3.35. The van der Waals surface area contributed by atoms with E-state index in [4.69, 9.17) is 5.11 Å². The van der Waals surface area contributed by atoms with Crippen LogP contribution in [0.5, 0.6) is 0 Å². The quantitative estimate of drug-likeness (QED) is 0.851. The zero-order chi connectivity index (χ0) is 14.8. The van der Waals surface area contributed by atoms with Crippen molar-refractivity contribution in [3.63, 3.8) is 0 Å². The number of sulfonamides is 1. The van der Waals surface area contributed by atoms with Gasteiger partial charge >= 0.3 is 0 Å². The van der Waals surface area contributed by atoms with Gasteiger partial charge in [0.05, 0.1) is 25.0 Å². The summed E-state index contributed by atoms with van der Waals surface area (Å²) in [5.74, 6) is 0. The lowest BCUT2D eigenvalue weighted by Crippen LogP contribution is -2.13. The molecule has 2 rings (SSSR count). The van der Waals surface area contributed by atoms with Crippen LogP contribution in [0.1, 0.15) is 5.56 Å². The maximum absolute atomic E-state index is 12.2. The number of aryl methyl sites for hydroxylation is 1. The van der Waals surface area contributed by atoms with Crippen LogP contribution in [0.4, 0.5) is 5.69 Å². The Bertz CT molecular complexity index is 712. The zero-order valence-corrected chi connectivity index (χ0v) is 13.1. The van der Waals surface area contributed by atoms with E-state index in [1.807, 2.05) is 13.0 Å². The van der Waals surface area contributed by atoms with Crippen molar-refractivity contribution in [2.75, 3.05) is 11.3 Å². The molecule has 6 nitrogen and oxygen atoms in total. The van der Waals surface area contributed by atoms with Crippen LogP contribution in [0.2, 0.25) is 0 Å². The molecule has 0 aliphatic heterocycles. The van der Waals surface area contributed by atoms with E-state index >= 15 is 0 Å². The summed E-state index contributed by atoms with van der Waals surface area (Å²) in [5.41, 5.74) is 1.40. The van der Waals surface area contributed by atoms with E-state index in [1.54, 1.807) is 12.1 Å². The summed E-state index contributed by atoms with van der Waals surface area (Å²) in [5, 5.41) is 12.7. The van der Waals surface area contributed by atoms with Crippen molar-refractivity contribution in [3.05, 3.63) is 40.6 Å². The molecule has 0 unspecified atom stereocenters. The molecule has 0 spiro atoms. The molecule has 108 valence electrons. The van der Waals surface area contributed by atoms with E-state index in [1.165, 1.54) is 17.1 Å². The van der Waals surface area contributed by atoms with E-state index < -0.39 is 10.0 Å². The molecule has 1 heterocycles. The number of hydrogen-bond donors (Lipinski definition) is 2. The molecule has 0 aliphatic rings. The molecule has 2 aromatic rings. The SMILES string of the molecule is Cc1cccc(NS(=O)(=O)c2cnn(CCO)c2)c1Br. The first-order chi connectivity index (χ1) is 9.44. The molecule has 0 aliphatic carbocycles. The molecule has 20 heavy (non-hydrogen) atoms. The average Bonchev–Trinajstić information content (AvgIpc) is 2.85. The van der Waals surface area contributed by atoms with Gasteiger partial charge in [0.25, 0.3) is 10.0 Å². The Kier molecular flexibility index (Phi) is 4.46. The summed E-state index contributed by atoms with van der Waals surface area (Å²) in [6.07, 6.45) is 2.63. The molecule has 0 fully saturated rings. The first kappa shape index (κ1) is 15.0. The topological polar surface area (TPSA) is 84.2 Å². The smallest absolute Gasteiger partial charge is 0.265 e. The third-order valence-electron chi connectivity index (χ3n) is 2.69. The molecule has 0 saturated heterocycles. The second-order valence-corrected chi connectivity index (χ2v) is 6.68. The van der Waals surface area contributed by atoms with Gasteiger partial charge in [0.1, 0.15) is 4.90 Å². The number of aliphatic hydroxyl groups is 1. The van der Waals surface area contributed by atoms with E-state index in [2.05, 4.69) is 25.8 Å². The normalized spacial score (nSPS) is 11.6. The van der Waals surface area contributed by atoms with Crippen LogP contribution in [0.15, 0.2) is 40.0 Å². The van der Waals surface area contributed by atoms with Gasteiger partial charge in [0.15, 0.2) is 0 Å². The number of anilines is 1. The number of aromatic nitrogens is 2. The number of halogens is 1. The minimum absolute atomic E-state index is 0.0550. The van der Waals surface area contributed by atoms with Crippen molar-refractivity contribution < 1.29 is 13.5 Å². The number of aliphatic hydroxyl groups excluding tert-OH is 1. The Hall–Kier alpha value is -1.38. The third kappa shape index (κ3) is 3.20. The molecule has 0 amide bonds. The van der Waals surface area contributed by atoms with E-state index in [9.17, 15) is 8.42 Å². The Morgan fingerprint density at radius 3 is 2.90 bits per heavy atom. The van der Waals surface area contributed by atoms with Crippen LogP contribution >= 0.6 is 15.9 Å². The fourth-order valence-corrected chi connectivity index (χ4v) is 3.16. The number of rotatable bonds is 5. The lowest BCUT2D eigenvalue weighted by atomic mass is 10.2. The monoisotopic (exact) mass is 359 g/mol. The van der Waals surface area contributed by atoms with Gasteiger partial charge < -0.3 is 5.11 Å². The molecular formula is C12H14BrN3O3S. The highest BCUT2D eigenvalue weighted by molar-refractivity contribution is 9.10. The van der Waals surface area contributed by atoms with Crippen molar-refractivity contribution in [1.82, 2.24) is 9.78 Å². The summed E-state index contributed by atoms with van der Waals surface area (Å²) in [4.78, 5) is 0.0550. The average molecular weight is 360 g/mol. The van der Waals surface area contributed by atoms with Crippen LogP contribution in [0, 0.1) is 6.92 Å². The van der Waals surface area contributed by atoms with Crippen molar-refractivity contribution in [3.8, 4) is 0 Å². The van der Waals surface area contributed by atoms with Gasteiger partial charge in [0.2, 0.25) is 0 Å². The minimum Gasteiger partial charge on any atom is -0.394 e. The van der Waals surface area contributed by atoms with Crippen molar-refractivity contribution in [1.29, 1.82) is 0 Å². The molecule has 8 heteroatoms. The lowest BCUT2D eigenvalue weighted by Gasteiger charge is -2.09. The lowest BCUT2D eigenvalue weighted by molar-refractivity contribution is 0.269. The van der Waals surface area contributed by atoms with Gasteiger partial charge in [-0.1, -0.05) is 12.1 Å². The second-order valence-electron chi connectivity index (χ2n) is 4.20. The van der Waals surface area contributed by atoms with E-state index in [0.717, 1.165) is 5.56 Å².